The third kappa shape index (κ3) is 1.93. The molecule has 0 aromatic rings. The van der Waals surface area contributed by atoms with Crippen molar-refractivity contribution in [3.8, 4) is 0 Å². The van der Waals surface area contributed by atoms with Gasteiger partial charge in [0, 0.05) is 18.4 Å². The van der Waals surface area contributed by atoms with E-state index in [1.54, 1.807) is 0 Å². The Labute approximate surface area is 75.0 Å². The van der Waals surface area contributed by atoms with Crippen molar-refractivity contribution in [2.75, 3.05) is 13.2 Å². The van der Waals surface area contributed by atoms with Crippen molar-refractivity contribution in [1.29, 1.82) is 0 Å². The van der Waals surface area contributed by atoms with Crippen molar-refractivity contribution in [3.05, 3.63) is 11.5 Å². The van der Waals surface area contributed by atoms with E-state index in [4.69, 9.17) is 4.74 Å². The number of hydrogen-bond donors (Lipinski definition) is 1. The molecule has 0 unspecified atom stereocenters. The standard InChI is InChI=1S/C10H19NO/c1-5-8-9(10(2,3)4)11-6-7-12-8/h11H,5-7H2,1-4H3. The van der Waals surface area contributed by atoms with E-state index in [-0.39, 0.29) is 5.41 Å². The van der Waals surface area contributed by atoms with Crippen LogP contribution in [-0.4, -0.2) is 13.2 Å². The van der Waals surface area contributed by atoms with E-state index in [1.165, 1.54) is 5.70 Å². The third-order valence-corrected chi connectivity index (χ3v) is 2.03. The summed E-state index contributed by atoms with van der Waals surface area (Å²) in [5.74, 6) is 1.13. The first kappa shape index (κ1) is 9.43. The molecule has 0 atom stereocenters. The van der Waals surface area contributed by atoms with E-state index in [9.17, 15) is 0 Å². The van der Waals surface area contributed by atoms with Crippen molar-refractivity contribution < 1.29 is 4.74 Å². The fraction of sp³-hybridized carbons (Fsp3) is 0.800. The van der Waals surface area contributed by atoms with Crippen molar-refractivity contribution in [2.45, 2.75) is 34.1 Å². The van der Waals surface area contributed by atoms with Gasteiger partial charge >= 0.3 is 0 Å². The molecule has 0 aromatic heterocycles. The lowest BCUT2D eigenvalue weighted by atomic mass is 9.90. The fourth-order valence-corrected chi connectivity index (χ4v) is 1.48. The Bertz CT molecular complexity index is 189. The highest BCUT2D eigenvalue weighted by atomic mass is 16.5. The minimum Gasteiger partial charge on any atom is -0.494 e. The number of ether oxygens (including phenoxy) is 1. The molecule has 0 amide bonds. The van der Waals surface area contributed by atoms with Gasteiger partial charge in [-0.15, -0.1) is 0 Å². The van der Waals surface area contributed by atoms with Crippen molar-refractivity contribution >= 4 is 0 Å². The van der Waals surface area contributed by atoms with Crippen LogP contribution in [0, 0.1) is 5.41 Å². The average Bonchev–Trinajstić information content (AvgIpc) is 2.03. The van der Waals surface area contributed by atoms with Crippen LogP contribution in [0.4, 0.5) is 0 Å². The first-order chi connectivity index (χ1) is 5.55. The molecular formula is C10H19NO. The van der Waals surface area contributed by atoms with Gasteiger partial charge < -0.3 is 10.1 Å². The highest BCUT2D eigenvalue weighted by molar-refractivity contribution is 5.15. The maximum Gasteiger partial charge on any atom is 0.115 e. The van der Waals surface area contributed by atoms with Crippen LogP contribution < -0.4 is 5.32 Å². The Morgan fingerprint density at radius 3 is 2.50 bits per heavy atom. The molecule has 2 nitrogen and oxygen atoms in total. The summed E-state index contributed by atoms with van der Waals surface area (Å²) in [6.45, 7) is 10.5. The van der Waals surface area contributed by atoms with Crippen LogP contribution in [0.3, 0.4) is 0 Å². The van der Waals surface area contributed by atoms with Gasteiger partial charge in [0.05, 0.1) is 5.70 Å². The molecule has 1 N–H and O–H groups in total. The molecule has 12 heavy (non-hydrogen) atoms. The van der Waals surface area contributed by atoms with E-state index in [0.29, 0.717) is 0 Å². The second-order valence-corrected chi connectivity index (χ2v) is 4.18. The average molecular weight is 169 g/mol. The summed E-state index contributed by atoms with van der Waals surface area (Å²) in [6.07, 6.45) is 0.986. The van der Waals surface area contributed by atoms with Gasteiger partial charge in [0.2, 0.25) is 0 Å². The molecule has 0 spiro atoms. The van der Waals surface area contributed by atoms with Crippen LogP contribution in [0.25, 0.3) is 0 Å². The Hall–Kier alpha value is -0.660. The van der Waals surface area contributed by atoms with Crippen molar-refractivity contribution in [2.24, 2.45) is 5.41 Å². The van der Waals surface area contributed by atoms with E-state index < -0.39 is 0 Å². The Morgan fingerprint density at radius 1 is 1.42 bits per heavy atom. The van der Waals surface area contributed by atoms with Crippen molar-refractivity contribution in [3.63, 3.8) is 0 Å². The summed E-state index contributed by atoms with van der Waals surface area (Å²) < 4.78 is 5.58. The van der Waals surface area contributed by atoms with Gasteiger partial charge in [0.1, 0.15) is 12.4 Å². The number of allylic oxidation sites excluding steroid dienone is 2. The van der Waals surface area contributed by atoms with Gasteiger partial charge in [0.25, 0.3) is 0 Å². The van der Waals surface area contributed by atoms with Gasteiger partial charge in [-0.2, -0.15) is 0 Å². The Morgan fingerprint density at radius 2 is 2.08 bits per heavy atom. The molecule has 0 radical (unpaired) electrons. The van der Waals surface area contributed by atoms with Gasteiger partial charge in [0.15, 0.2) is 0 Å². The van der Waals surface area contributed by atoms with Crippen LogP contribution in [0.1, 0.15) is 34.1 Å². The summed E-state index contributed by atoms with van der Waals surface area (Å²) in [5, 5.41) is 3.41. The van der Waals surface area contributed by atoms with Crippen LogP contribution in [0.2, 0.25) is 0 Å². The number of hydrogen-bond acceptors (Lipinski definition) is 2. The van der Waals surface area contributed by atoms with E-state index in [0.717, 1.165) is 25.3 Å². The zero-order valence-corrected chi connectivity index (χ0v) is 8.53. The second kappa shape index (κ2) is 3.38. The predicted octanol–water partition coefficient (Wildman–Crippen LogP) is 2.27. The zero-order valence-electron chi connectivity index (χ0n) is 8.53. The van der Waals surface area contributed by atoms with E-state index in [1.807, 2.05) is 0 Å². The lowest BCUT2D eigenvalue weighted by Gasteiger charge is -2.31. The molecule has 70 valence electrons. The van der Waals surface area contributed by atoms with Crippen LogP contribution >= 0.6 is 0 Å². The normalized spacial score (nSPS) is 18.7. The first-order valence-electron chi connectivity index (χ1n) is 4.66. The lowest BCUT2D eigenvalue weighted by Crippen LogP contribution is -2.33. The van der Waals surface area contributed by atoms with E-state index in [2.05, 4.69) is 33.0 Å². The minimum absolute atomic E-state index is 0.186. The van der Waals surface area contributed by atoms with Gasteiger partial charge in [-0.3, -0.25) is 0 Å². The molecule has 2 heteroatoms. The summed E-state index contributed by atoms with van der Waals surface area (Å²) in [6, 6.07) is 0. The summed E-state index contributed by atoms with van der Waals surface area (Å²) in [7, 11) is 0. The molecule has 0 saturated carbocycles. The molecule has 1 heterocycles. The second-order valence-electron chi connectivity index (χ2n) is 4.18. The zero-order chi connectivity index (χ0) is 9.19. The number of nitrogens with one attached hydrogen (secondary N) is 1. The first-order valence-corrected chi connectivity index (χ1v) is 4.66. The summed E-state index contributed by atoms with van der Waals surface area (Å²) in [4.78, 5) is 0. The van der Waals surface area contributed by atoms with E-state index >= 15 is 0 Å². The molecule has 0 bridgehead atoms. The van der Waals surface area contributed by atoms with Crippen LogP contribution in [0.15, 0.2) is 11.5 Å². The van der Waals surface area contributed by atoms with Crippen LogP contribution in [0.5, 0.6) is 0 Å². The Kier molecular flexibility index (Phi) is 2.65. The predicted molar refractivity (Wildman–Crippen MR) is 50.7 cm³/mol. The molecule has 0 fully saturated rings. The monoisotopic (exact) mass is 169 g/mol. The van der Waals surface area contributed by atoms with Gasteiger partial charge in [-0.05, 0) is 0 Å². The molecule has 0 aliphatic carbocycles. The molecule has 0 saturated heterocycles. The SMILES string of the molecule is CCC1=C(C(C)(C)C)NCCO1. The lowest BCUT2D eigenvalue weighted by molar-refractivity contribution is 0.168. The summed E-state index contributed by atoms with van der Waals surface area (Å²) in [5.41, 5.74) is 1.46. The number of rotatable bonds is 1. The molecule has 1 aliphatic rings. The van der Waals surface area contributed by atoms with Crippen LogP contribution in [-0.2, 0) is 4.74 Å². The fourth-order valence-electron chi connectivity index (χ4n) is 1.48. The summed E-state index contributed by atoms with van der Waals surface area (Å²) >= 11 is 0. The smallest absolute Gasteiger partial charge is 0.115 e. The maximum absolute atomic E-state index is 5.58. The van der Waals surface area contributed by atoms with Gasteiger partial charge in [-0.25, -0.2) is 0 Å². The topological polar surface area (TPSA) is 21.3 Å². The minimum atomic E-state index is 0.186. The van der Waals surface area contributed by atoms with Gasteiger partial charge in [-0.1, -0.05) is 27.7 Å². The highest BCUT2D eigenvalue weighted by Gasteiger charge is 2.23. The maximum atomic E-state index is 5.58. The molecule has 1 aliphatic heterocycles. The molecule has 0 aromatic carbocycles. The third-order valence-electron chi connectivity index (χ3n) is 2.03. The largest absolute Gasteiger partial charge is 0.494 e. The highest BCUT2D eigenvalue weighted by Crippen LogP contribution is 2.28. The molecular weight excluding hydrogens is 150 g/mol. The van der Waals surface area contributed by atoms with Crippen molar-refractivity contribution in [1.82, 2.24) is 5.32 Å². The quantitative estimate of drug-likeness (QED) is 0.650. The Balaban J connectivity index is 2.87. The molecule has 1 rings (SSSR count).